The van der Waals surface area contributed by atoms with Gasteiger partial charge in [-0.3, -0.25) is 19.1 Å². The van der Waals surface area contributed by atoms with E-state index in [2.05, 4.69) is 11.0 Å². The number of aliphatic hydroxyl groups excluding tert-OH is 1. The molecule has 4 heterocycles. The van der Waals surface area contributed by atoms with Crippen LogP contribution in [-0.4, -0.2) is 110 Å². The van der Waals surface area contributed by atoms with Crippen molar-refractivity contribution < 1.29 is 43.1 Å². The number of carbonyl (C=O) groups is 2. The van der Waals surface area contributed by atoms with E-state index in [0.29, 0.717) is 45.9 Å². The van der Waals surface area contributed by atoms with Crippen molar-refractivity contribution in [1.82, 2.24) is 14.4 Å². The maximum absolute atomic E-state index is 14.1. The van der Waals surface area contributed by atoms with Gasteiger partial charge in [0.2, 0.25) is 19.0 Å². The highest BCUT2D eigenvalue weighted by atomic mass is 16.7. The van der Waals surface area contributed by atoms with Crippen LogP contribution in [0.4, 0.5) is 0 Å². The Bertz CT molecular complexity index is 1600. The lowest BCUT2D eigenvalue weighted by Crippen LogP contribution is -2.50. The number of fused-ring (bicyclic) bond motifs is 2. The summed E-state index contributed by atoms with van der Waals surface area (Å²) in [4.78, 5) is 30.9. The van der Waals surface area contributed by atoms with Gasteiger partial charge in [0.1, 0.15) is 0 Å². The van der Waals surface area contributed by atoms with Crippen molar-refractivity contribution in [3.05, 3.63) is 71.6 Å². The number of hydrogen-bond donors (Lipinski definition) is 1. The van der Waals surface area contributed by atoms with Crippen LogP contribution < -0.4 is 9.47 Å². The second-order valence-electron chi connectivity index (χ2n) is 12.1. The van der Waals surface area contributed by atoms with Crippen LogP contribution in [0.2, 0.25) is 0 Å². The number of nitrogens with zero attached hydrogens (tertiary/aromatic N) is 3. The number of aromatic nitrogens is 1. The molecule has 0 aliphatic carbocycles. The molecular formula is C36H45N3O9. The van der Waals surface area contributed by atoms with Crippen molar-refractivity contribution in [2.75, 3.05) is 72.6 Å². The minimum Gasteiger partial charge on any atom is -0.459 e. The minimum absolute atomic E-state index is 0.0325. The summed E-state index contributed by atoms with van der Waals surface area (Å²) in [6, 6.07) is 13.8. The Morgan fingerprint density at radius 1 is 0.958 bits per heavy atom. The number of para-hydroxylation sites is 1. The molecule has 3 atom stereocenters. The molecule has 0 bridgehead atoms. The van der Waals surface area contributed by atoms with E-state index in [4.69, 9.17) is 33.5 Å². The third kappa shape index (κ3) is 7.68. The highest BCUT2D eigenvalue weighted by molar-refractivity contribution is 5.95. The molecule has 48 heavy (non-hydrogen) atoms. The van der Waals surface area contributed by atoms with E-state index in [-0.39, 0.29) is 49.4 Å². The van der Waals surface area contributed by atoms with Crippen LogP contribution in [0.5, 0.6) is 11.5 Å². The molecule has 0 spiro atoms. The van der Waals surface area contributed by atoms with Crippen molar-refractivity contribution in [3.63, 3.8) is 0 Å². The predicted octanol–water partition coefficient (Wildman–Crippen LogP) is 3.77. The largest absolute Gasteiger partial charge is 0.459 e. The number of carbonyl (C=O) groups excluding carboxylic acids is 2. The highest BCUT2D eigenvalue weighted by Gasteiger charge is 2.40. The fourth-order valence-electron chi connectivity index (χ4n) is 6.69. The van der Waals surface area contributed by atoms with E-state index in [0.717, 1.165) is 53.2 Å². The molecule has 258 valence electrons. The Morgan fingerprint density at radius 2 is 1.73 bits per heavy atom. The van der Waals surface area contributed by atoms with Gasteiger partial charge in [0.15, 0.2) is 17.3 Å². The summed E-state index contributed by atoms with van der Waals surface area (Å²) in [5.74, 6) is 1.07. The Kier molecular flexibility index (Phi) is 11.3. The van der Waals surface area contributed by atoms with Crippen LogP contribution in [0.25, 0.3) is 10.9 Å². The second kappa shape index (κ2) is 16.0. The molecule has 1 aromatic heterocycles. The van der Waals surface area contributed by atoms with Crippen molar-refractivity contribution >= 4 is 22.7 Å². The normalized spacial score (nSPS) is 20.9. The van der Waals surface area contributed by atoms with E-state index in [1.165, 1.54) is 0 Å². The molecule has 6 rings (SSSR count). The number of allylic oxidation sites excluding steroid dienone is 1. The first-order chi connectivity index (χ1) is 23.5. The first-order valence-electron chi connectivity index (χ1n) is 16.7. The van der Waals surface area contributed by atoms with Crippen molar-refractivity contribution in [2.24, 2.45) is 5.92 Å². The maximum Gasteiger partial charge on any atom is 0.288 e. The van der Waals surface area contributed by atoms with E-state index in [1.807, 2.05) is 60.5 Å². The lowest BCUT2D eigenvalue weighted by atomic mass is 9.81. The van der Waals surface area contributed by atoms with Crippen molar-refractivity contribution in [2.45, 2.75) is 39.0 Å². The molecule has 0 saturated carbocycles. The van der Waals surface area contributed by atoms with E-state index in [9.17, 15) is 9.59 Å². The van der Waals surface area contributed by atoms with Crippen LogP contribution in [0.1, 0.15) is 42.1 Å². The number of ether oxygens (including phenoxy) is 6. The standard InChI is InChI=1S/C36H45N3O9/c1-3-45-36-28(10-16-43-18-19-44-17-15-40)29(30-23-39(25(2)41)31-7-5-4-6-27(30)31)21-34(48-36)35(42)38-13-11-37(12-14-38)22-26-8-9-32-33(20-26)47-24-46-32/h4-9,20-21,23,28-29,36,40H,3,10-19,22,24H2,1-2H3. The second-order valence-corrected chi connectivity index (χ2v) is 12.1. The fourth-order valence-corrected chi connectivity index (χ4v) is 6.69. The molecule has 3 unspecified atom stereocenters. The van der Waals surface area contributed by atoms with Crippen LogP contribution in [0, 0.1) is 5.92 Å². The number of hydrogen-bond acceptors (Lipinski definition) is 10. The van der Waals surface area contributed by atoms with E-state index >= 15 is 0 Å². The van der Waals surface area contributed by atoms with Crippen LogP contribution in [0.15, 0.2) is 60.5 Å². The van der Waals surface area contributed by atoms with Gasteiger partial charge in [0, 0.05) is 76.3 Å². The SMILES string of the molecule is CCOC1OC(C(=O)N2CCN(Cc3ccc4c(c3)OCO4)CC2)=CC(c2cn(C(C)=O)c3ccccc23)C1CCOCCOCCO. The summed E-state index contributed by atoms with van der Waals surface area (Å²) in [6.07, 6.45) is 3.70. The number of amides is 1. The van der Waals surface area contributed by atoms with Gasteiger partial charge in [-0.05, 0) is 48.7 Å². The van der Waals surface area contributed by atoms with Crippen LogP contribution >= 0.6 is 0 Å². The predicted molar refractivity (Wildman–Crippen MR) is 177 cm³/mol. The summed E-state index contributed by atoms with van der Waals surface area (Å²) >= 11 is 0. The number of aliphatic hydroxyl groups is 1. The zero-order valence-corrected chi connectivity index (χ0v) is 27.7. The summed E-state index contributed by atoms with van der Waals surface area (Å²) in [6.45, 7) is 8.86. The van der Waals surface area contributed by atoms with Crippen molar-refractivity contribution in [1.29, 1.82) is 0 Å². The molecule has 3 aromatic rings. The smallest absolute Gasteiger partial charge is 0.288 e. The van der Waals surface area contributed by atoms with E-state index < -0.39 is 6.29 Å². The molecule has 1 N–H and O–H groups in total. The molecule has 3 aliphatic heterocycles. The van der Waals surface area contributed by atoms with Gasteiger partial charge in [-0.2, -0.15) is 0 Å². The fraction of sp³-hybridized carbons (Fsp3) is 0.500. The van der Waals surface area contributed by atoms with Gasteiger partial charge in [-0.15, -0.1) is 0 Å². The maximum atomic E-state index is 14.1. The first kappa shape index (κ1) is 33.9. The summed E-state index contributed by atoms with van der Waals surface area (Å²) in [5, 5.41) is 9.89. The lowest BCUT2D eigenvalue weighted by molar-refractivity contribution is -0.172. The number of benzene rings is 2. The van der Waals surface area contributed by atoms with E-state index in [1.54, 1.807) is 11.5 Å². The third-order valence-electron chi connectivity index (χ3n) is 9.07. The highest BCUT2D eigenvalue weighted by Crippen LogP contribution is 2.42. The first-order valence-corrected chi connectivity index (χ1v) is 16.7. The molecule has 1 amide bonds. The summed E-state index contributed by atoms with van der Waals surface area (Å²) in [5.41, 5.74) is 2.89. The third-order valence-corrected chi connectivity index (χ3v) is 9.07. The quantitative estimate of drug-likeness (QED) is 0.255. The zero-order chi connectivity index (χ0) is 33.5. The van der Waals surface area contributed by atoms with Crippen LogP contribution in [0.3, 0.4) is 0 Å². The van der Waals surface area contributed by atoms with Gasteiger partial charge < -0.3 is 38.4 Å². The topological polar surface area (TPSA) is 121 Å². The average molecular weight is 664 g/mol. The molecule has 0 radical (unpaired) electrons. The molecule has 2 aromatic carbocycles. The Morgan fingerprint density at radius 3 is 2.50 bits per heavy atom. The summed E-state index contributed by atoms with van der Waals surface area (Å²) in [7, 11) is 0. The Balaban J connectivity index is 1.20. The number of rotatable bonds is 14. The lowest BCUT2D eigenvalue weighted by Gasteiger charge is -2.39. The van der Waals surface area contributed by atoms with Gasteiger partial charge in [0.05, 0.1) is 31.9 Å². The van der Waals surface area contributed by atoms with Crippen LogP contribution in [-0.2, 0) is 30.3 Å². The van der Waals surface area contributed by atoms with Gasteiger partial charge in [-0.1, -0.05) is 24.3 Å². The van der Waals surface area contributed by atoms with Gasteiger partial charge in [-0.25, -0.2) is 0 Å². The molecule has 12 nitrogen and oxygen atoms in total. The zero-order valence-electron chi connectivity index (χ0n) is 27.7. The molecule has 3 aliphatic rings. The number of piperazine rings is 1. The average Bonchev–Trinajstić information content (AvgIpc) is 3.73. The van der Waals surface area contributed by atoms with Gasteiger partial charge in [0.25, 0.3) is 5.91 Å². The Labute approximate surface area is 280 Å². The van der Waals surface area contributed by atoms with Gasteiger partial charge >= 0.3 is 0 Å². The van der Waals surface area contributed by atoms with Crippen molar-refractivity contribution in [3.8, 4) is 11.5 Å². The summed E-state index contributed by atoms with van der Waals surface area (Å²) < 4.78 is 36.4. The molecule has 1 saturated heterocycles. The monoisotopic (exact) mass is 663 g/mol. The Hall–Kier alpha value is -3.94. The molecule has 1 fully saturated rings. The molecular weight excluding hydrogens is 618 g/mol. The molecule has 12 heteroatoms. The minimum atomic E-state index is -0.690.